The number of hydrogen-bond donors (Lipinski definition) is 0. The lowest BCUT2D eigenvalue weighted by molar-refractivity contribution is 0.0989. The zero-order valence-electron chi connectivity index (χ0n) is 10.4. The van der Waals surface area contributed by atoms with Gasteiger partial charge in [0.05, 0.1) is 16.5 Å². The average Bonchev–Trinajstić information content (AvgIpc) is 2.80. The summed E-state index contributed by atoms with van der Waals surface area (Å²) >= 11 is 11.7. The van der Waals surface area contributed by atoms with E-state index in [2.05, 4.69) is 10.1 Å². The Hall–Kier alpha value is -1.39. The normalized spacial score (nSPS) is 10.7. The zero-order valence-corrected chi connectivity index (χ0v) is 11.9. The van der Waals surface area contributed by atoms with Gasteiger partial charge in [-0.25, -0.2) is 9.67 Å². The van der Waals surface area contributed by atoms with Gasteiger partial charge >= 0.3 is 0 Å². The van der Waals surface area contributed by atoms with Gasteiger partial charge in [0, 0.05) is 12.1 Å². The third-order valence-corrected chi connectivity index (χ3v) is 3.43. The van der Waals surface area contributed by atoms with Gasteiger partial charge in [-0.3, -0.25) is 4.79 Å². The number of aryl methyl sites for hydroxylation is 1. The molecule has 0 aliphatic rings. The molecular formula is C13H13Cl2N3O. The zero-order chi connectivity index (χ0) is 13.8. The number of halogens is 2. The van der Waals surface area contributed by atoms with Crippen molar-refractivity contribution in [3.05, 3.63) is 46.0 Å². The van der Waals surface area contributed by atoms with Crippen molar-refractivity contribution in [1.29, 1.82) is 0 Å². The van der Waals surface area contributed by atoms with Gasteiger partial charge in [0.1, 0.15) is 12.2 Å². The van der Waals surface area contributed by atoms with Crippen molar-refractivity contribution in [3.63, 3.8) is 0 Å². The Morgan fingerprint density at radius 2 is 2.11 bits per heavy atom. The SMILES string of the molecule is CCCn1ncnc1CC(=O)c1ccc(Cl)c(Cl)c1. The van der Waals surface area contributed by atoms with Crippen LogP contribution in [0.15, 0.2) is 24.5 Å². The highest BCUT2D eigenvalue weighted by molar-refractivity contribution is 6.42. The van der Waals surface area contributed by atoms with Crippen molar-refractivity contribution >= 4 is 29.0 Å². The number of carbonyl (C=O) groups is 1. The summed E-state index contributed by atoms with van der Waals surface area (Å²) in [6.07, 6.45) is 2.61. The summed E-state index contributed by atoms with van der Waals surface area (Å²) in [5.74, 6) is 0.613. The number of aromatic nitrogens is 3. The molecule has 6 heteroatoms. The second-order valence-corrected chi connectivity index (χ2v) is 4.94. The van der Waals surface area contributed by atoms with Crippen molar-refractivity contribution in [3.8, 4) is 0 Å². The van der Waals surface area contributed by atoms with Crippen LogP contribution in [0.2, 0.25) is 10.0 Å². The minimum absolute atomic E-state index is 0.0519. The smallest absolute Gasteiger partial charge is 0.170 e. The summed E-state index contributed by atoms with van der Waals surface area (Å²) in [6.45, 7) is 2.80. The van der Waals surface area contributed by atoms with Gasteiger partial charge < -0.3 is 0 Å². The predicted molar refractivity (Wildman–Crippen MR) is 74.8 cm³/mol. The highest BCUT2D eigenvalue weighted by Gasteiger charge is 2.13. The molecule has 0 atom stereocenters. The van der Waals surface area contributed by atoms with Crippen molar-refractivity contribution in [2.75, 3.05) is 0 Å². The summed E-state index contributed by atoms with van der Waals surface area (Å²) < 4.78 is 1.75. The van der Waals surface area contributed by atoms with E-state index in [-0.39, 0.29) is 12.2 Å². The molecule has 0 fully saturated rings. The Labute approximate surface area is 121 Å². The average molecular weight is 298 g/mol. The molecule has 2 rings (SSSR count). The molecule has 0 aliphatic carbocycles. The molecule has 0 saturated carbocycles. The molecular weight excluding hydrogens is 285 g/mol. The van der Waals surface area contributed by atoms with Crippen LogP contribution in [0, 0.1) is 0 Å². The fourth-order valence-corrected chi connectivity index (χ4v) is 2.04. The van der Waals surface area contributed by atoms with Gasteiger partial charge in [-0.1, -0.05) is 30.1 Å². The van der Waals surface area contributed by atoms with Crippen molar-refractivity contribution < 1.29 is 4.79 Å². The first-order chi connectivity index (χ1) is 9.11. The van der Waals surface area contributed by atoms with Gasteiger partial charge in [-0.2, -0.15) is 5.10 Å². The summed E-state index contributed by atoms with van der Waals surface area (Å²) in [7, 11) is 0. The Balaban J connectivity index is 2.16. The molecule has 0 amide bonds. The second kappa shape index (κ2) is 6.17. The van der Waals surface area contributed by atoms with Gasteiger partial charge in [0.2, 0.25) is 0 Å². The first kappa shape index (κ1) is 14.0. The Morgan fingerprint density at radius 3 is 2.79 bits per heavy atom. The highest BCUT2D eigenvalue weighted by atomic mass is 35.5. The molecule has 1 aromatic carbocycles. The lowest BCUT2D eigenvalue weighted by Gasteiger charge is -2.05. The fourth-order valence-electron chi connectivity index (χ4n) is 1.74. The maximum atomic E-state index is 12.1. The van der Waals surface area contributed by atoms with Crippen LogP contribution in [-0.2, 0) is 13.0 Å². The maximum absolute atomic E-state index is 12.1. The van der Waals surface area contributed by atoms with E-state index in [9.17, 15) is 4.79 Å². The first-order valence-electron chi connectivity index (χ1n) is 5.96. The molecule has 2 aromatic rings. The van der Waals surface area contributed by atoms with E-state index < -0.39 is 0 Å². The predicted octanol–water partition coefficient (Wildman–Crippen LogP) is 3.42. The number of carbonyl (C=O) groups excluding carboxylic acids is 1. The Morgan fingerprint density at radius 1 is 1.32 bits per heavy atom. The minimum atomic E-state index is -0.0519. The van der Waals surface area contributed by atoms with Crippen LogP contribution in [0.4, 0.5) is 0 Å². The first-order valence-corrected chi connectivity index (χ1v) is 6.72. The van der Waals surface area contributed by atoms with E-state index in [4.69, 9.17) is 23.2 Å². The van der Waals surface area contributed by atoms with Gasteiger partial charge in [0.15, 0.2) is 5.78 Å². The van der Waals surface area contributed by atoms with E-state index >= 15 is 0 Å². The standard InChI is InChI=1S/C13H13Cl2N3O/c1-2-5-18-13(16-8-17-18)7-12(19)9-3-4-10(14)11(15)6-9/h3-4,6,8H,2,5,7H2,1H3. The van der Waals surface area contributed by atoms with Crippen LogP contribution < -0.4 is 0 Å². The van der Waals surface area contributed by atoms with E-state index in [0.29, 0.717) is 21.4 Å². The molecule has 1 heterocycles. The van der Waals surface area contributed by atoms with Crippen LogP contribution in [0.5, 0.6) is 0 Å². The molecule has 0 saturated heterocycles. The van der Waals surface area contributed by atoms with E-state index in [1.165, 1.54) is 6.33 Å². The van der Waals surface area contributed by atoms with Crippen molar-refractivity contribution in [2.24, 2.45) is 0 Å². The molecule has 19 heavy (non-hydrogen) atoms. The van der Waals surface area contributed by atoms with Crippen LogP contribution in [0.3, 0.4) is 0 Å². The molecule has 4 nitrogen and oxygen atoms in total. The monoisotopic (exact) mass is 297 g/mol. The third kappa shape index (κ3) is 3.33. The molecule has 0 spiro atoms. The van der Waals surface area contributed by atoms with Crippen LogP contribution >= 0.6 is 23.2 Å². The maximum Gasteiger partial charge on any atom is 0.170 e. The molecule has 0 radical (unpaired) electrons. The Kier molecular flexibility index (Phi) is 4.56. The molecule has 0 N–H and O–H groups in total. The summed E-state index contributed by atoms with van der Waals surface area (Å²) in [5, 5.41) is 4.91. The topological polar surface area (TPSA) is 47.8 Å². The molecule has 1 aromatic heterocycles. The molecule has 0 bridgehead atoms. The number of ketones is 1. The second-order valence-electron chi connectivity index (χ2n) is 4.13. The molecule has 100 valence electrons. The molecule has 0 aliphatic heterocycles. The van der Waals surface area contributed by atoms with Crippen molar-refractivity contribution in [2.45, 2.75) is 26.3 Å². The van der Waals surface area contributed by atoms with Crippen molar-refractivity contribution in [1.82, 2.24) is 14.8 Å². The third-order valence-electron chi connectivity index (χ3n) is 2.69. The lowest BCUT2D eigenvalue weighted by Crippen LogP contribution is -2.11. The van der Waals surface area contributed by atoms with Crippen LogP contribution in [-0.4, -0.2) is 20.5 Å². The summed E-state index contributed by atoms with van der Waals surface area (Å²) in [5.41, 5.74) is 0.528. The van der Waals surface area contributed by atoms with Crippen LogP contribution in [0.1, 0.15) is 29.5 Å². The van der Waals surface area contributed by atoms with E-state index in [1.807, 2.05) is 6.92 Å². The highest BCUT2D eigenvalue weighted by Crippen LogP contribution is 2.23. The fraction of sp³-hybridized carbons (Fsp3) is 0.308. The van der Waals surface area contributed by atoms with Gasteiger partial charge in [0.25, 0.3) is 0 Å². The number of Topliss-reactive ketones (excluding diaryl/α,β-unsaturated/α-hetero) is 1. The van der Waals surface area contributed by atoms with E-state index in [0.717, 1.165) is 13.0 Å². The Bertz CT molecular complexity index is 595. The van der Waals surface area contributed by atoms with Gasteiger partial charge in [-0.05, 0) is 24.6 Å². The number of benzene rings is 1. The summed E-state index contributed by atoms with van der Waals surface area (Å²) in [6, 6.07) is 4.86. The number of rotatable bonds is 5. The quantitative estimate of drug-likeness (QED) is 0.795. The minimum Gasteiger partial charge on any atom is -0.294 e. The number of hydrogen-bond acceptors (Lipinski definition) is 3. The van der Waals surface area contributed by atoms with Crippen LogP contribution in [0.25, 0.3) is 0 Å². The summed E-state index contributed by atoms with van der Waals surface area (Å²) in [4.78, 5) is 16.3. The lowest BCUT2D eigenvalue weighted by atomic mass is 10.1. The van der Waals surface area contributed by atoms with Gasteiger partial charge in [-0.15, -0.1) is 0 Å². The van der Waals surface area contributed by atoms with E-state index in [1.54, 1.807) is 22.9 Å². The largest absolute Gasteiger partial charge is 0.294 e. The number of nitrogens with zero attached hydrogens (tertiary/aromatic N) is 3. The molecule has 0 unspecified atom stereocenters.